The summed E-state index contributed by atoms with van der Waals surface area (Å²) in [6.07, 6.45) is 3.73. The van der Waals surface area contributed by atoms with Gasteiger partial charge in [0.05, 0.1) is 5.69 Å². The molecular formula is C49H32N2O. The summed E-state index contributed by atoms with van der Waals surface area (Å²) in [7, 11) is 0. The number of fused-ring (bicyclic) bond motifs is 6. The van der Waals surface area contributed by atoms with Crippen LogP contribution in [0.15, 0.2) is 199 Å². The minimum absolute atomic E-state index is 0.833. The fourth-order valence-corrected chi connectivity index (χ4v) is 7.66. The van der Waals surface area contributed by atoms with Gasteiger partial charge in [0, 0.05) is 39.9 Å². The summed E-state index contributed by atoms with van der Waals surface area (Å²) in [5.41, 5.74) is 11.8. The average Bonchev–Trinajstić information content (AvgIpc) is 3.62. The first-order valence-corrected chi connectivity index (χ1v) is 17.6. The predicted molar refractivity (Wildman–Crippen MR) is 218 cm³/mol. The first-order valence-electron chi connectivity index (χ1n) is 17.6. The molecule has 0 bridgehead atoms. The number of para-hydroxylation sites is 1. The molecule has 0 atom stereocenters. The van der Waals surface area contributed by atoms with E-state index < -0.39 is 0 Å². The van der Waals surface area contributed by atoms with E-state index in [1.165, 1.54) is 44.2 Å². The van der Waals surface area contributed by atoms with E-state index in [1.807, 2.05) is 18.5 Å². The van der Waals surface area contributed by atoms with Gasteiger partial charge in [-0.05, 0) is 92.0 Å². The molecule has 0 radical (unpaired) electrons. The number of rotatable bonds is 6. The van der Waals surface area contributed by atoms with Crippen LogP contribution in [0, 0.1) is 0 Å². The highest BCUT2D eigenvalue weighted by Crippen LogP contribution is 2.46. The summed E-state index contributed by atoms with van der Waals surface area (Å²) in [5.74, 6) is 0. The standard InChI is InChI=1S/C49H32N2O/c1-3-11-33(12-4-1)34-21-24-38(25-22-34)51(47-20-10-19-43-44-27-23-37-29-30-50-32-46(37)48(44)52-49(43)47)39-26-28-41(35-13-5-2-6-14-35)45(31-39)42-18-9-16-36-15-7-8-17-40(36)42/h1-32H. The van der Waals surface area contributed by atoms with Crippen LogP contribution < -0.4 is 4.90 Å². The Bertz CT molecular complexity index is 2890. The third-order valence-electron chi connectivity index (χ3n) is 10.2. The summed E-state index contributed by atoms with van der Waals surface area (Å²) in [4.78, 5) is 6.78. The van der Waals surface area contributed by atoms with Crippen LogP contribution in [0.5, 0.6) is 0 Å². The molecule has 8 aromatic carbocycles. The Morgan fingerprint density at radius 1 is 0.385 bits per heavy atom. The maximum atomic E-state index is 6.90. The molecule has 52 heavy (non-hydrogen) atoms. The van der Waals surface area contributed by atoms with Gasteiger partial charge in [-0.15, -0.1) is 0 Å². The second-order valence-electron chi connectivity index (χ2n) is 13.2. The van der Waals surface area contributed by atoms with Crippen molar-refractivity contribution in [2.75, 3.05) is 4.90 Å². The van der Waals surface area contributed by atoms with Crippen LogP contribution in [0.4, 0.5) is 17.1 Å². The molecule has 0 saturated heterocycles. The van der Waals surface area contributed by atoms with Crippen LogP contribution in [-0.4, -0.2) is 4.98 Å². The largest absolute Gasteiger partial charge is 0.453 e. The quantitative estimate of drug-likeness (QED) is 0.177. The molecule has 0 aliphatic carbocycles. The number of hydrogen-bond acceptors (Lipinski definition) is 3. The highest BCUT2D eigenvalue weighted by Gasteiger charge is 2.22. The third kappa shape index (κ3) is 5.02. The van der Waals surface area contributed by atoms with Gasteiger partial charge >= 0.3 is 0 Å². The second kappa shape index (κ2) is 12.4. The summed E-state index contributed by atoms with van der Waals surface area (Å²) >= 11 is 0. The molecule has 0 N–H and O–H groups in total. The summed E-state index contributed by atoms with van der Waals surface area (Å²) < 4.78 is 6.90. The van der Waals surface area contributed by atoms with Gasteiger partial charge in [0.25, 0.3) is 0 Å². The van der Waals surface area contributed by atoms with Crippen LogP contribution in [0.2, 0.25) is 0 Å². The van der Waals surface area contributed by atoms with Gasteiger partial charge in [0.15, 0.2) is 5.58 Å². The number of nitrogens with zero attached hydrogens (tertiary/aromatic N) is 2. The van der Waals surface area contributed by atoms with Gasteiger partial charge in [-0.25, -0.2) is 0 Å². The Morgan fingerprint density at radius 3 is 1.88 bits per heavy atom. The molecule has 0 saturated carbocycles. The van der Waals surface area contributed by atoms with Crippen molar-refractivity contribution in [2.24, 2.45) is 0 Å². The third-order valence-corrected chi connectivity index (χ3v) is 10.2. The molecule has 0 unspecified atom stereocenters. The minimum atomic E-state index is 0.833. The maximum Gasteiger partial charge on any atom is 0.159 e. The lowest BCUT2D eigenvalue weighted by molar-refractivity contribution is 0.672. The Balaban J connectivity index is 1.24. The predicted octanol–water partition coefficient (Wildman–Crippen LogP) is 13.8. The van der Waals surface area contributed by atoms with E-state index in [0.717, 1.165) is 49.8 Å². The van der Waals surface area contributed by atoms with Crippen molar-refractivity contribution in [2.45, 2.75) is 0 Å². The van der Waals surface area contributed by atoms with E-state index >= 15 is 0 Å². The number of hydrogen-bond donors (Lipinski definition) is 0. The van der Waals surface area contributed by atoms with Gasteiger partial charge < -0.3 is 9.32 Å². The van der Waals surface area contributed by atoms with Crippen molar-refractivity contribution >= 4 is 60.5 Å². The molecule has 0 spiro atoms. The molecule has 10 aromatic rings. The van der Waals surface area contributed by atoms with E-state index in [9.17, 15) is 0 Å². The Kier molecular flexibility index (Phi) is 7.14. The van der Waals surface area contributed by atoms with Crippen LogP contribution in [0.25, 0.3) is 76.9 Å². The fraction of sp³-hybridized carbons (Fsp3) is 0. The zero-order valence-electron chi connectivity index (χ0n) is 28.3. The number of furan rings is 1. The molecule has 0 amide bonds. The second-order valence-corrected chi connectivity index (χ2v) is 13.2. The summed E-state index contributed by atoms with van der Waals surface area (Å²) in [6.45, 7) is 0. The Morgan fingerprint density at radius 2 is 1.04 bits per heavy atom. The Hall–Kier alpha value is -6.97. The van der Waals surface area contributed by atoms with Crippen LogP contribution in [0.1, 0.15) is 0 Å². The number of aromatic nitrogens is 1. The van der Waals surface area contributed by atoms with E-state index in [4.69, 9.17) is 4.42 Å². The fourth-order valence-electron chi connectivity index (χ4n) is 7.66. The van der Waals surface area contributed by atoms with E-state index in [-0.39, 0.29) is 0 Å². The molecule has 3 heteroatoms. The van der Waals surface area contributed by atoms with Crippen molar-refractivity contribution in [1.82, 2.24) is 4.98 Å². The Labute approximate surface area is 301 Å². The SMILES string of the molecule is c1ccc(-c2ccc(N(c3ccc(-c4ccccc4)c(-c4cccc5ccccc45)c3)c3cccc4c3oc3c5cnccc5ccc43)cc2)cc1. The molecule has 0 fully saturated rings. The molecular weight excluding hydrogens is 633 g/mol. The molecule has 0 aliphatic rings. The van der Waals surface area contributed by atoms with E-state index in [2.05, 4.69) is 186 Å². The normalized spacial score (nSPS) is 11.5. The van der Waals surface area contributed by atoms with Gasteiger partial charge in [0.1, 0.15) is 5.58 Å². The number of pyridine rings is 1. The highest BCUT2D eigenvalue weighted by atomic mass is 16.3. The molecule has 0 aliphatic heterocycles. The number of benzene rings is 8. The van der Waals surface area contributed by atoms with Gasteiger partial charge in [-0.1, -0.05) is 140 Å². The molecule has 10 rings (SSSR count). The molecule has 3 nitrogen and oxygen atoms in total. The average molecular weight is 665 g/mol. The van der Waals surface area contributed by atoms with Gasteiger partial charge in [-0.3, -0.25) is 4.98 Å². The van der Waals surface area contributed by atoms with E-state index in [0.29, 0.717) is 0 Å². The highest BCUT2D eigenvalue weighted by molar-refractivity contribution is 6.17. The lowest BCUT2D eigenvalue weighted by Crippen LogP contribution is -2.10. The maximum absolute atomic E-state index is 6.90. The van der Waals surface area contributed by atoms with E-state index in [1.54, 1.807) is 0 Å². The van der Waals surface area contributed by atoms with Crippen molar-refractivity contribution < 1.29 is 4.42 Å². The summed E-state index contributed by atoms with van der Waals surface area (Å²) in [5, 5.41) is 6.69. The lowest BCUT2D eigenvalue weighted by Gasteiger charge is -2.27. The van der Waals surface area contributed by atoms with Gasteiger partial charge in [-0.2, -0.15) is 0 Å². The van der Waals surface area contributed by atoms with Crippen LogP contribution in [-0.2, 0) is 0 Å². The van der Waals surface area contributed by atoms with Crippen molar-refractivity contribution in [3.63, 3.8) is 0 Å². The zero-order valence-corrected chi connectivity index (χ0v) is 28.3. The monoisotopic (exact) mass is 664 g/mol. The van der Waals surface area contributed by atoms with Crippen LogP contribution in [0.3, 0.4) is 0 Å². The first kappa shape index (κ1) is 29.9. The number of anilines is 3. The first-order chi connectivity index (χ1) is 25.8. The van der Waals surface area contributed by atoms with Crippen molar-refractivity contribution in [1.29, 1.82) is 0 Å². The van der Waals surface area contributed by atoms with Crippen LogP contribution >= 0.6 is 0 Å². The molecule has 2 aromatic heterocycles. The minimum Gasteiger partial charge on any atom is -0.453 e. The topological polar surface area (TPSA) is 29.3 Å². The lowest BCUT2D eigenvalue weighted by atomic mass is 9.90. The molecule has 2 heterocycles. The zero-order chi connectivity index (χ0) is 34.4. The van der Waals surface area contributed by atoms with Gasteiger partial charge in [0.2, 0.25) is 0 Å². The molecule has 244 valence electrons. The van der Waals surface area contributed by atoms with Crippen molar-refractivity contribution in [3.05, 3.63) is 194 Å². The summed E-state index contributed by atoms with van der Waals surface area (Å²) in [6, 6.07) is 64.9. The smallest absolute Gasteiger partial charge is 0.159 e. The van der Waals surface area contributed by atoms with Crippen molar-refractivity contribution in [3.8, 4) is 33.4 Å².